The van der Waals surface area contributed by atoms with Crippen LogP contribution < -0.4 is 14.8 Å². The summed E-state index contributed by atoms with van der Waals surface area (Å²) in [5, 5.41) is 12.6. The highest BCUT2D eigenvalue weighted by Gasteiger charge is 2.12. The van der Waals surface area contributed by atoms with Crippen molar-refractivity contribution in [1.82, 2.24) is 5.32 Å². The molecular weight excluding hydrogens is 338 g/mol. The van der Waals surface area contributed by atoms with Crippen LogP contribution in [0.1, 0.15) is 18.9 Å². The van der Waals surface area contributed by atoms with Gasteiger partial charge < -0.3 is 24.6 Å². The van der Waals surface area contributed by atoms with Gasteiger partial charge in [0, 0.05) is 26.6 Å². The van der Waals surface area contributed by atoms with Gasteiger partial charge in [0.15, 0.2) is 11.5 Å². The van der Waals surface area contributed by atoms with Gasteiger partial charge in [-0.3, -0.25) is 0 Å². The van der Waals surface area contributed by atoms with Crippen LogP contribution in [0.4, 0.5) is 0 Å². The largest absolute Gasteiger partial charge is 0.493 e. The molecule has 0 aliphatic rings. The van der Waals surface area contributed by atoms with E-state index in [1.54, 1.807) is 21.1 Å². The van der Waals surface area contributed by atoms with E-state index in [2.05, 4.69) is 21.2 Å². The summed E-state index contributed by atoms with van der Waals surface area (Å²) >= 11 is 3.51. The van der Waals surface area contributed by atoms with Gasteiger partial charge in [0.25, 0.3) is 0 Å². The number of halogens is 1. The normalized spacial score (nSPS) is 12.2. The highest BCUT2D eigenvalue weighted by atomic mass is 79.9. The number of benzene rings is 1. The van der Waals surface area contributed by atoms with Crippen molar-refractivity contribution in [3.8, 4) is 11.5 Å². The van der Waals surface area contributed by atoms with Gasteiger partial charge in [0.05, 0.1) is 30.9 Å². The smallest absolute Gasteiger partial charge is 0.175 e. The zero-order valence-electron chi connectivity index (χ0n) is 12.8. The third-order valence-electron chi connectivity index (χ3n) is 2.88. The van der Waals surface area contributed by atoms with Crippen molar-refractivity contribution in [2.24, 2.45) is 0 Å². The molecule has 21 heavy (non-hydrogen) atoms. The molecule has 120 valence electrons. The van der Waals surface area contributed by atoms with Gasteiger partial charge in [-0.2, -0.15) is 0 Å². The molecule has 1 rings (SSSR count). The van der Waals surface area contributed by atoms with E-state index in [1.807, 2.05) is 12.1 Å². The molecule has 2 N–H and O–H groups in total. The molecule has 0 radical (unpaired) electrons. The Bertz CT molecular complexity index is 426. The Morgan fingerprint density at radius 3 is 2.67 bits per heavy atom. The third-order valence-corrected chi connectivity index (χ3v) is 3.47. The average molecular weight is 362 g/mol. The van der Waals surface area contributed by atoms with Crippen molar-refractivity contribution in [3.63, 3.8) is 0 Å². The van der Waals surface area contributed by atoms with E-state index in [0.29, 0.717) is 31.1 Å². The lowest BCUT2D eigenvalue weighted by Gasteiger charge is -2.15. The second-order valence-electron chi connectivity index (χ2n) is 4.76. The summed E-state index contributed by atoms with van der Waals surface area (Å²) in [5.41, 5.74) is 1.10. The average Bonchev–Trinajstić information content (AvgIpc) is 2.45. The highest BCUT2D eigenvalue weighted by molar-refractivity contribution is 9.10. The van der Waals surface area contributed by atoms with Crippen molar-refractivity contribution in [3.05, 3.63) is 22.2 Å². The quantitative estimate of drug-likeness (QED) is 0.626. The van der Waals surface area contributed by atoms with Crippen molar-refractivity contribution in [2.75, 3.05) is 34.0 Å². The molecular formula is C15H24BrNO4. The Kier molecular flexibility index (Phi) is 8.68. The molecule has 1 aromatic rings. The number of hydrogen-bond donors (Lipinski definition) is 2. The van der Waals surface area contributed by atoms with E-state index in [9.17, 15) is 5.11 Å². The highest BCUT2D eigenvalue weighted by Crippen LogP contribution is 2.36. The Balaban J connectivity index is 2.67. The first-order valence-corrected chi connectivity index (χ1v) is 7.74. The Morgan fingerprint density at radius 2 is 2.05 bits per heavy atom. The topological polar surface area (TPSA) is 60.0 Å². The van der Waals surface area contributed by atoms with Crippen LogP contribution >= 0.6 is 15.9 Å². The summed E-state index contributed by atoms with van der Waals surface area (Å²) in [6, 6.07) is 3.95. The maximum absolute atomic E-state index is 9.27. The summed E-state index contributed by atoms with van der Waals surface area (Å²) in [6.45, 7) is 4.39. The van der Waals surface area contributed by atoms with Crippen molar-refractivity contribution in [2.45, 2.75) is 26.0 Å². The molecule has 0 fully saturated rings. The molecule has 1 atom stereocenters. The first kappa shape index (κ1) is 18.2. The lowest BCUT2D eigenvalue weighted by molar-refractivity contribution is 0.154. The standard InChI is InChI=1S/C15H24BrNO4/c1-11(18)4-6-21-15-13(16)8-12(9-14(15)20-3)10-17-5-7-19-2/h8-9,11,17-18H,4-7,10H2,1-3H3. The van der Waals surface area contributed by atoms with Crippen LogP contribution in [0.15, 0.2) is 16.6 Å². The zero-order chi connectivity index (χ0) is 15.7. The summed E-state index contributed by atoms with van der Waals surface area (Å²) < 4.78 is 16.9. The molecule has 0 spiro atoms. The van der Waals surface area contributed by atoms with E-state index in [4.69, 9.17) is 14.2 Å². The third kappa shape index (κ3) is 6.65. The predicted octanol–water partition coefficient (Wildman–Crippen LogP) is 2.34. The molecule has 1 unspecified atom stereocenters. The number of ether oxygens (including phenoxy) is 3. The van der Waals surface area contributed by atoms with Crippen LogP contribution in [0, 0.1) is 0 Å². The van der Waals surface area contributed by atoms with Gasteiger partial charge in [-0.15, -0.1) is 0 Å². The molecule has 6 heteroatoms. The number of rotatable bonds is 10. The maximum atomic E-state index is 9.27. The number of nitrogens with one attached hydrogen (secondary N) is 1. The van der Waals surface area contributed by atoms with Crippen LogP contribution in [-0.4, -0.2) is 45.2 Å². The summed E-state index contributed by atoms with van der Waals surface area (Å²) in [7, 11) is 3.30. The molecule has 5 nitrogen and oxygen atoms in total. The minimum atomic E-state index is -0.376. The second-order valence-corrected chi connectivity index (χ2v) is 5.62. The van der Waals surface area contributed by atoms with E-state index in [1.165, 1.54) is 0 Å². The minimum absolute atomic E-state index is 0.376. The number of aliphatic hydroxyl groups is 1. The van der Waals surface area contributed by atoms with Gasteiger partial charge in [0.2, 0.25) is 0 Å². The summed E-state index contributed by atoms with van der Waals surface area (Å²) in [6.07, 6.45) is 0.203. The van der Waals surface area contributed by atoms with Crippen LogP contribution in [0.2, 0.25) is 0 Å². The fraction of sp³-hybridized carbons (Fsp3) is 0.600. The molecule has 0 aliphatic heterocycles. The molecule has 0 amide bonds. The summed E-state index contributed by atoms with van der Waals surface area (Å²) in [5.74, 6) is 1.34. The second kappa shape index (κ2) is 10.00. The van der Waals surface area contributed by atoms with Crippen LogP contribution in [-0.2, 0) is 11.3 Å². The van der Waals surface area contributed by atoms with Crippen LogP contribution in [0.25, 0.3) is 0 Å². The molecule has 0 aromatic heterocycles. The Morgan fingerprint density at radius 1 is 1.29 bits per heavy atom. The first-order valence-electron chi connectivity index (χ1n) is 6.95. The van der Waals surface area contributed by atoms with Gasteiger partial charge in [0.1, 0.15) is 0 Å². The van der Waals surface area contributed by atoms with E-state index < -0.39 is 0 Å². The van der Waals surface area contributed by atoms with E-state index in [0.717, 1.165) is 23.1 Å². The molecule has 0 heterocycles. The van der Waals surface area contributed by atoms with E-state index >= 15 is 0 Å². The number of methoxy groups -OCH3 is 2. The van der Waals surface area contributed by atoms with E-state index in [-0.39, 0.29) is 6.10 Å². The monoisotopic (exact) mass is 361 g/mol. The zero-order valence-corrected chi connectivity index (χ0v) is 14.4. The van der Waals surface area contributed by atoms with Gasteiger partial charge in [-0.25, -0.2) is 0 Å². The van der Waals surface area contributed by atoms with Gasteiger partial charge >= 0.3 is 0 Å². The molecule has 0 saturated carbocycles. The fourth-order valence-corrected chi connectivity index (χ4v) is 2.36. The SMILES string of the molecule is COCCNCc1cc(Br)c(OCCC(C)O)c(OC)c1. The van der Waals surface area contributed by atoms with Gasteiger partial charge in [-0.1, -0.05) is 0 Å². The molecule has 0 saturated heterocycles. The Labute approximate surface area is 134 Å². The van der Waals surface area contributed by atoms with Crippen molar-refractivity contribution in [1.29, 1.82) is 0 Å². The minimum Gasteiger partial charge on any atom is -0.493 e. The van der Waals surface area contributed by atoms with Gasteiger partial charge in [-0.05, 0) is 40.5 Å². The Hall–Kier alpha value is -0.820. The maximum Gasteiger partial charge on any atom is 0.175 e. The lowest BCUT2D eigenvalue weighted by atomic mass is 10.2. The first-order chi connectivity index (χ1) is 10.1. The summed E-state index contributed by atoms with van der Waals surface area (Å²) in [4.78, 5) is 0. The molecule has 0 bridgehead atoms. The predicted molar refractivity (Wildman–Crippen MR) is 86.1 cm³/mol. The van der Waals surface area contributed by atoms with Crippen LogP contribution in [0.5, 0.6) is 11.5 Å². The fourth-order valence-electron chi connectivity index (χ4n) is 1.75. The molecule has 1 aromatic carbocycles. The lowest BCUT2D eigenvalue weighted by Crippen LogP contribution is -2.18. The number of aliphatic hydroxyl groups excluding tert-OH is 1. The number of hydrogen-bond acceptors (Lipinski definition) is 5. The van der Waals surface area contributed by atoms with Crippen molar-refractivity contribution < 1.29 is 19.3 Å². The van der Waals surface area contributed by atoms with Crippen molar-refractivity contribution >= 4 is 15.9 Å². The van der Waals surface area contributed by atoms with Crippen LogP contribution in [0.3, 0.4) is 0 Å². The molecule has 0 aliphatic carbocycles.